The van der Waals surface area contributed by atoms with Crippen molar-refractivity contribution in [3.63, 3.8) is 0 Å². The van der Waals surface area contributed by atoms with Crippen molar-refractivity contribution >= 4 is 5.69 Å². The van der Waals surface area contributed by atoms with Crippen molar-refractivity contribution in [2.45, 2.75) is 44.2 Å². The van der Waals surface area contributed by atoms with Gasteiger partial charge in [-0.25, -0.2) is 0 Å². The van der Waals surface area contributed by atoms with Gasteiger partial charge in [0.15, 0.2) is 0 Å². The molecule has 0 spiro atoms. The average Bonchev–Trinajstić information content (AvgIpc) is 2.76. The largest absolute Gasteiger partial charge is 0.311 e. The molecule has 2 bridgehead atoms. The number of nitrogens with one attached hydrogen (secondary N) is 1. The molecule has 0 saturated carbocycles. The molecule has 0 radical (unpaired) electrons. The number of nitro groups is 1. The number of piperidine rings is 1. The molecule has 3 unspecified atom stereocenters. The van der Waals surface area contributed by atoms with E-state index in [2.05, 4.69) is 5.32 Å². The fourth-order valence-electron chi connectivity index (χ4n) is 3.37. The first kappa shape index (κ1) is 11.7. The lowest BCUT2D eigenvalue weighted by molar-refractivity contribution is -0.384. The fourth-order valence-corrected chi connectivity index (χ4v) is 3.37. The molecule has 2 heterocycles. The summed E-state index contributed by atoms with van der Waals surface area (Å²) in [5.41, 5.74) is 1.40. The Bertz CT molecular complexity index is 444. The third-order valence-electron chi connectivity index (χ3n) is 4.38. The minimum atomic E-state index is -0.340. The minimum absolute atomic E-state index is 0.182. The Morgan fingerprint density at radius 3 is 2.61 bits per heavy atom. The van der Waals surface area contributed by atoms with E-state index in [4.69, 9.17) is 0 Å². The summed E-state index contributed by atoms with van der Waals surface area (Å²) in [5.74, 6) is 0.699. The summed E-state index contributed by atoms with van der Waals surface area (Å²) in [7, 11) is 0. The number of benzene rings is 1. The molecule has 2 fully saturated rings. The summed E-state index contributed by atoms with van der Waals surface area (Å²) in [6, 6.07) is 8.45. The zero-order chi connectivity index (χ0) is 12.5. The third kappa shape index (κ3) is 2.25. The number of hydrogen-bond donors (Lipinski definition) is 1. The van der Waals surface area contributed by atoms with Gasteiger partial charge in [-0.1, -0.05) is 12.1 Å². The zero-order valence-electron chi connectivity index (χ0n) is 10.3. The summed E-state index contributed by atoms with van der Waals surface area (Å²) < 4.78 is 0. The predicted octanol–water partition coefficient (Wildman–Crippen LogP) is 2.67. The number of nitrogens with zero attached hydrogens (tertiary/aromatic N) is 1. The quantitative estimate of drug-likeness (QED) is 0.659. The van der Waals surface area contributed by atoms with Crippen LogP contribution >= 0.6 is 0 Å². The summed E-state index contributed by atoms with van der Waals surface area (Å²) in [6.45, 7) is 0. The minimum Gasteiger partial charge on any atom is -0.311 e. The van der Waals surface area contributed by atoms with Gasteiger partial charge in [0.05, 0.1) is 4.92 Å². The fraction of sp³-hybridized carbons (Fsp3) is 0.571. The van der Waals surface area contributed by atoms with Gasteiger partial charge >= 0.3 is 0 Å². The second-order valence-corrected chi connectivity index (χ2v) is 5.51. The van der Waals surface area contributed by atoms with E-state index in [9.17, 15) is 10.1 Å². The molecule has 96 valence electrons. The summed E-state index contributed by atoms with van der Waals surface area (Å²) in [4.78, 5) is 10.3. The number of non-ortho nitro benzene ring substituents is 1. The van der Waals surface area contributed by atoms with Gasteiger partial charge in [-0.2, -0.15) is 0 Å². The number of rotatable bonds is 3. The molecule has 3 rings (SSSR count). The van der Waals surface area contributed by atoms with Crippen molar-refractivity contribution in [1.82, 2.24) is 5.32 Å². The average molecular weight is 246 g/mol. The van der Waals surface area contributed by atoms with Crippen molar-refractivity contribution in [3.8, 4) is 0 Å². The molecule has 18 heavy (non-hydrogen) atoms. The highest BCUT2D eigenvalue weighted by Crippen LogP contribution is 2.33. The summed E-state index contributed by atoms with van der Waals surface area (Å²) in [6.07, 6.45) is 6.24. The lowest BCUT2D eigenvalue weighted by Crippen LogP contribution is -2.41. The molecule has 4 heteroatoms. The monoisotopic (exact) mass is 246 g/mol. The van der Waals surface area contributed by atoms with Gasteiger partial charge in [-0.05, 0) is 43.6 Å². The molecule has 0 aromatic heterocycles. The maximum atomic E-state index is 10.6. The Labute approximate surface area is 107 Å². The van der Waals surface area contributed by atoms with Crippen molar-refractivity contribution in [3.05, 3.63) is 39.9 Å². The van der Waals surface area contributed by atoms with Crippen LogP contribution in [-0.4, -0.2) is 17.0 Å². The molecule has 4 nitrogen and oxygen atoms in total. The number of fused-ring (bicyclic) bond motifs is 2. The van der Waals surface area contributed by atoms with Gasteiger partial charge in [0, 0.05) is 24.2 Å². The maximum absolute atomic E-state index is 10.6. The lowest BCUT2D eigenvalue weighted by Gasteiger charge is -2.30. The Morgan fingerprint density at radius 2 is 1.89 bits per heavy atom. The molecule has 3 atom stereocenters. The smallest absolute Gasteiger partial charge is 0.269 e. The van der Waals surface area contributed by atoms with Gasteiger partial charge in [-0.15, -0.1) is 0 Å². The number of nitro benzene ring substituents is 1. The lowest BCUT2D eigenvalue weighted by atomic mass is 9.86. The Hall–Kier alpha value is -1.42. The van der Waals surface area contributed by atoms with Gasteiger partial charge in [-0.3, -0.25) is 10.1 Å². The van der Waals surface area contributed by atoms with Crippen LogP contribution in [0.4, 0.5) is 5.69 Å². The van der Waals surface area contributed by atoms with Crippen LogP contribution in [0.5, 0.6) is 0 Å². The SMILES string of the molecule is O=[N+]([O-])c1ccc(CC2CCC3CCC2N3)cc1. The van der Waals surface area contributed by atoms with E-state index in [1.807, 2.05) is 12.1 Å². The Kier molecular flexibility index (Phi) is 3.04. The molecule has 1 N–H and O–H groups in total. The van der Waals surface area contributed by atoms with Crippen LogP contribution < -0.4 is 5.32 Å². The van der Waals surface area contributed by atoms with E-state index in [0.717, 1.165) is 12.5 Å². The van der Waals surface area contributed by atoms with Crippen molar-refractivity contribution in [1.29, 1.82) is 0 Å². The van der Waals surface area contributed by atoms with Crippen LogP contribution in [0.2, 0.25) is 0 Å². The van der Waals surface area contributed by atoms with Gasteiger partial charge in [0.2, 0.25) is 0 Å². The molecular formula is C14H18N2O2. The first-order chi connectivity index (χ1) is 8.72. The van der Waals surface area contributed by atoms with E-state index in [-0.39, 0.29) is 10.6 Å². The van der Waals surface area contributed by atoms with Gasteiger partial charge < -0.3 is 5.32 Å². The molecule has 2 aliphatic rings. The van der Waals surface area contributed by atoms with Gasteiger partial charge in [0.25, 0.3) is 5.69 Å². The maximum Gasteiger partial charge on any atom is 0.269 e. The van der Waals surface area contributed by atoms with Gasteiger partial charge in [0.1, 0.15) is 0 Å². The second kappa shape index (κ2) is 4.69. The zero-order valence-corrected chi connectivity index (χ0v) is 10.3. The summed E-state index contributed by atoms with van der Waals surface area (Å²) >= 11 is 0. The van der Waals surface area contributed by atoms with E-state index in [0.29, 0.717) is 12.0 Å². The molecular weight excluding hydrogens is 228 g/mol. The number of hydrogen-bond acceptors (Lipinski definition) is 3. The molecule has 2 saturated heterocycles. The Morgan fingerprint density at radius 1 is 1.17 bits per heavy atom. The van der Waals surface area contributed by atoms with Crippen molar-refractivity contribution in [2.75, 3.05) is 0 Å². The topological polar surface area (TPSA) is 55.2 Å². The van der Waals surface area contributed by atoms with E-state index >= 15 is 0 Å². The normalized spacial score (nSPS) is 30.3. The summed E-state index contributed by atoms with van der Waals surface area (Å²) in [5, 5.41) is 14.3. The van der Waals surface area contributed by atoms with Crippen LogP contribution in [0, 0.1) is 16.0 Å². The highest BCUT2D eigenvalue weighted by molar-refractivity contribution is 5.33. The van der Waals surface area contributed by atoms with E-state index < -0.39 is 0 Å². The van der Waals surface area contributed by atoms with Crippen LogP contribution in [0.1, 0.15) is 31.2 Å². The molecule has 0 aliphatic carbocycles. The van der Waals surface area contributed by atoms with Crippen LogP contribution in [-0.2, 0) is 6.42 Å². The Balaban J connectivity index is 1.67. The van der Waals surface area contributed by atoms with Crippen molar-refractivity contribution < 1.29 is 4.92 Å². The van der Waals surface area contributed by atoms with Crippen LogP contribution in [0.25, 0.3) is 0 Å². The van der Waals surface area contributed by atoms with E-state index in [1.54, 1.807) is 12.1 Å². The van der Waals surface area contributed by atoms with Crippen molar-refractivity contribution in [2.24, 2.45) is 5.92 Å². The molecule has 2 aliphatic heterocycles. The molecule has 0 amide bonds. The van der Waals surface area contributed by atoms with Crippen LogP contribution in [0.3, 0.4) is 0 Å². The first-order valence-corrected chi connectivity index (χ1v) is 6.72. The third-order valence-corrected chi connectivity index (χ3v) is 4.38. The highest BCUT2D eigenvalue weighted by atomic mass is 16.6. The second-order valence-electron chi connectivity index (χ2n) is 5.51. The molecule has 1 aromatic carbocycles. The predicted molar refractivity (Wildman–Crippen MR) is 69.5 cm³/mol. The van der Waals surface area contributed by atoms with Crippen LogP contribution in [0.15, 0.2) is 24.3 Å². The molecule has 1 aromatic rings. The van der Waals surface area contributed by atoms with E-state index in [1.165, 1.54) is 31.2 Å². The standard InChI is InChI=1S/C14H18N2O2/c17-16(18)13-6-1-10(2-7-13)9-11-3-4-12-5-8-14(11)15-12/h1-2,6-7,11-12,14-15H,3-5,8-9H2. The first-order valence-electron chi connectivity index (χ1n) is 6.72. The highest BCUT2D eigenvalue weighted by Gasteiger charge is 2.34.